The van der Waals surface area contributed by atoms with Crippen LogP contribution in [0.25, 0.3) is 0 Å². The van der Waals surface area contributed by atoms with Crippen molar-refractivity contribution in [1.82, 2.24) is 9.55 Å². The third-order valence-corrected chi connectivity index (χ3v) is 2.93. The van der Waals surface area contributed by atoms with Crippen LogP contribution in [0.15, 0.2) is 36.7 Å². The molecule has 18 heavy (non-hydrogen) atoms. The van der Waals surface area contributed by atoms with Crippen molar-refractivity contribution in [2.24, 2.45) is 5.73 Å². The molecule has 3 N–H and O–H groups in total. The minimum Gasteiger partial charge on any atom is -0.392 e. The highest BCUT2D eigenvalue weighted by Crippen LogP contribution is 2.21. The molecule has 4 nitrogen and oxygen atoms in total. The zero-order valence-electron chi connectivity index (χ0n) is 10.1. The fourth-order valence-corrected chi connectivity index (χ4v) is 2.09. The summed E-state index contributed by atoms with van der Waals surface area (Å²) in [5.74, 6) is 0.721. The molecule has 2 rings (SSSR count). The lowest BCUT2D eigenvalue weighted by Gasteiger charge is -2.15. The van der Waals surface area contributed by atoms with Crippen LogP contribution in [-0.2, 0) is 6.54 Å². The Morgan fingerprint density at radius 1 is 1.50 bits per heavy atom. The number of benzene rings is 1. The Bertz CT molecular complexity index is 524. The number of nitrogens with zero attached hydrogens (tertiary/aromatic N) is 2. The van der Waals surface area contributed by atoms with E-state index in [4.69, 9.17) is 17.3 Å². The summed E-state index contributed by atoms with van der Waals surface area (Å²) < 4.78 is 1.86. The molecule has 0 fully saturated rings. The first-order chi connectivity index (χ1) is 8.58. The smallest absolute Gasteiger partial charge is 0.130 e. The third kappa shape index (κ3) is 2.90. The van der Waals surface area contributed by atoms with Crippen molar-refractivity contribution in [2.75, 3.05) is 0 Å². The van der Waals surface area contributed by atoms with Gasteiger partial charge in [0.2, 0.25) is 0 Å². The fraction of sp³-hybridized carbons (Fsp3) is 0.308. The normalized spacial score (nSPS) is 14.4. The predicted molar refractivity (Wildman–Crippen MR) is 71.4 cm³/mol. The Morgan fingerprint density at radius 3 is 2.94 bits per heavy atom. The fourth-order valence-electron chi connectivity index (χ4n) is 1.89. The molecule has 1 aromatic heterocycles. The van der Waals surface area contributed by atoms with E-state index in [0.29, 0.717) is 11.6 Å². The lowest BCUT2D eigenvalue weighted by atomic mass is 10.1. The van der Waals surface area contributed by atoms with Gasteiger partial charge in [0.25, 0.3) is 0 Å². The average molecular weight is 266 g/mol. The average Bonchev–Trinajstić information content (AvgIpc) is 2.75. The topological polar surface area (TPSA) is 64.1 Å². The van der Waals surface area contributed by atoms with Crippen LogP contribution in [0.1, 0.15) is 24.4 Å². The van der Waals surface area contributed by atoms with Crippen LogP contribution < -0.4 is 5.73 Å². The Kier molecular flexibility index (Phi) is 4.01. The summed E-state index contributed by atoms with van der Waals surface area (Å²) in [6.07, 6.45) is 3.05. The van der Waals surface area contributed by atoms with Crippen LogP contribution in [0.3, 0.4) is 0 Å². The number of halogens is 1. The minimum absolute atomic E-state index is 0.350. The molecule has 0 radical (unpaired) electrons. The van der Waals surface area contributed by atoms with E-state index in [2.05, 4.69) is 4.98 Å². The molecule has 0 saturated heterocycles. The van der Waals surface area contributed by atoms with Crippen molar-refractivity contribution in [3.8, 4) is 0 Å². The van der Waals surface area contributed by atoms with E-state index in [1.54, 1.807) is 19.2 Å². The molecule has 2 unspecified atom stereocenters. The second kappa shape index (κ2) is 5.52. The van der Waals surface area contributed by atoms with Gasteiger partial charge < -0.3 is 15.4 Å². The summed E-state index contributed by atoms with van der Waals surface area (Å²) in [6, 6.07) is 7.06. The van der Waals surface area contributed by atoms with Gasteiger partial charge in [-0.05, 0) is 24.6 Å². The monoisotopic (exact) mass is 265 g/mol. The van der Waals surface area contributed by atoms with Crippen molar-refractivity contribution >= 4 is 11.6 Å². The Morgan fingerprint density at radius 2 is 2.28 bits per heavy atom. The van der Waals surface area contributed by atoms with Crippen molar-refractivity contribution in [3.05, 3.63) is 53.1 Å². The first kappa shape index (κ1) is 13.1. The lowest BCUT2D eigenvalue weighted by molar-refractivity contribution is 0.172. The van der Waals surface area contributed by atoms with E-state index >= 15 is 0 Å². The molecule has 0 aliphatic carbocycles. The Labute approximate surface area is 111 Å². The summed E-state index contributed by atoms with van der Waals surface area (Å²) >= 11 is 5.95. The lowest BCUT2D eigenvalue weighted by Crippen LogP contribution is -2.21. The van der Waals surface area contributed by atoms with Crippen LogP contribution >= 0.6 is 11.6 Å². The summed E-state index contributed by atoms with van der Waals surface area (Å²) in [5, 5.41) is 10.1. The highest BCUT2D eigenvalue weighted by atomic mass is 35.5. The van der Waals surface area contributed by atoms with Gasteiger partial charge in [-0.3, -0.25) is 0 Å². The van der Waals surface area contributed by atoms with Crippen LogP contribution in [-0.4, -0.2) is 20.8 Å². The van der Waals surface area contributed by atoms with E-state index in [-0.39, 0.29) is 6.04 Å². The molecular weight excluding hydrogens is 250 g/mol. The maximum absolute atomic E-state index is 9.43. The van der Waals surface area contributed by atoms with Crippen molar-refractivity contribution in [3.63, 3.8) is 0 Å². The maximum atomic E-state index is 9.43. The van der Waals surface area contributed by atoms with Gasteiger partial charge in [0.15, 0.2) is 0 Å². The minimum atomic E-state index is -0.440. The maximum Gasteiger partial charge on any atom is 0.130 e. The number of imidazole rings is 1. The Balaban J connectivity index is 2.28. The highest BCUT2D eigenvalue weighted by Gasteiger charge is 2.15. The molecule has 2 atom stereocenters. The Hall–Kier alpha value is -1.36. The zero-order valence-corrected chi connectivity index (χ0v) is 10.9. The van der Waals surface area contributed by atoms with E-state index in [1.165, 1.54) is 0 Å². The summed E-state index contributed by atoms with van der Waals surface area (Å²) in [7, 11) is 0. The summed E-state index contributed by atoms with van der Waals surface area (Å²) in [6.45, 7) is 2.21. The number of rotatable bonds is 4. The molecule has 0 aliphatic heterocycles. The summed E-state index contributed by atoms with van der Waals surface area (Å²) in [5.41, 5.74) is 7.09. The van der Waals surface area contributed by atoms with Gasteiger partial charge in [0.05, 0.1) is 12.1 Å². The second-order valence-corrected chi connectivity index (χ2v) is 4.76. The van der Waals surface area contributed by atoms with E-state index in [9.17, 15) is 5.11 Å². The van der Waals surface area contributed by atoms with E-state index in [0.717, 1.165) is 11.4 Å². The SMILES string of the molecule is CC(O)Cn1ccnc1C(N)c1cccc(Cl)c1. The molecule has 0 amide bonds. The summed E-state index contributed by atoms with van der Waals surface area (Å²) in [4.78, 5) is 4.26. The van der Waals surface area contributed by atoms with E-state index in [1.807, 2.05) is 29.0 Å². The molecular formula is C13H16ClN3O. The van der Waals surface area contributed by atoms with Crippen LogP contribution in [0.2, 0.25) is 5.02 Å². The zero-order chi connectivity index (χ0) is 13.1. The number of aliphatic hydroxyl groups excluding tert-OH is 1. The molecule has 1 heterocycles. The number of hydrogen-bond acceptors (Lipinski definition) is 3. The predicted octanol–water partition coefficient (Wildman–Crippen LogP) is 1.97. The van der Waals surface area contributed by atoms with Gasteiger partial charge >= 0.3 is 0 Å². The van der Waals surface area contributed by atoms with Crippen molar-refractivity contribution < 1.29 is 5.11 Å². The molecule has 0 spiro atoms. The van der Waals surface area contributed by atoms with Crippen molar-refractivity contribution in [1.29, 1.82) is 0 Å². The number of hydrogen-bond donors (Lipinski definition) is 2. The standard InChI is InChI=1S/C13H16ClN3O/c1-9(18)8-17-6-5-16-13(17)12(15)10-3-2-4-11(14)7-10/h2-7,9,12,18H,8,15H2,1H3. The second-order valence-electron chi connectivity index (χ2n) is 4.32. The first-order valence-corrected chi connectivity index (χ1v) is 6.16. The molecule has 1 aromatic carbocycles. The number of aliphatic hydroxyl groups is 1. The van der Waals surface area contributed by atoms with Crippen LogP contribution in [0.5, 0.6) is 0 Å². The molecule has 0 saturated carbocycles. The van der Waals surface area contributed by atoms with Gasteiger partial charge in [-0.1, -0.05) is 23.7 Å². The van der Waals surface area contributed by atoms with Gasteiger partial charge in [0, 0.05) is 24.0 Å². The van der Waals surface area contributed by atoms with Gasteiger partial charge in [-0.25, -0.2) is 4.98 Å². The number of aromatic nitrogens is 2. The molecule has 0 aliphatic rings. The number of nitrogens with two attached hydrogens (primary N) is 1. The van der Waals surface area contributed by atoms with Gasteiger partial charge in [-0.2, -0.15) is 0 Å². The molecule has 2 aromatic rings. The quantitative estimate of drug-likeness (QED) is 0.888. The third-order valence-electron chi connectivity index (χ3n) is 2.69. The van der Waals surface area contributed by atoms with Crippen LogP contribution in [0.4, 0.5) is 0 Å². The van der Waals surface area contributed by atoms with Crippen molar-refractivity contribution in [2.45, 2.75) is 25.6 Å². The van der Waals surface area contributed by atoms with Gasteiger partial charge in [-0.15, -0.1) is 0 Å². The molecule has 96 valence electrons. The largest absolute Gasteiger partial charge is 0.392 e. The van der Waals surface area contributed by atoms with Gasteiger partial charge in [0.1, 0.15) is 5.82 Å². The van der Waals surface area contributed by atoms with Crippen LogP contribution in [0, 0.1) is 0 Å². The van der Waals surface area contributed by atoms with E-state index < -0.39 is 6.10 Å². The molecule has 5 heteroatoms. The highest BCUT2D eigenvalue weighted by molar-refractivity contribution is 6.30. The first-order valence-electron chi connectivity index (χ1n) is 5.78. The molecule has 0 bridgehead atoms.